The minimum atomic E-state index is -4.60. The van der Waals surface area contributed by atoms with E-state index in [0.717, 1.165) is 12.1 Å². The molecule has 4 rings (SSSR count). The fourth-order valence-corrected chi connectivity index (χ4v) is 3.41. The highest BCUT2D eigenvalue weighted by Gasteiger charge is 2.32. The molecule has 164 valence electrons. The molecule has 0 fully saturated rings. The van der Waals surface area contributed by atoms with Crippen LogP contribution in [0.3, 0.4) is 0 Å². The monoisotopic (exact) mass is 461 g/mol. The van der Waals surface area contributed by atoms with Gasteiger partial charge in [0, 0.05) is 35.2 Å². The summed E-state index contributed by atoms with van der Waals surface area (Å²) in [6.07, 6.45) is 1.11. The highest BCUT2D eigenvalue weighted by atomic mass is 35.5. The van der Waals surface area contributed by atoms with E-state index >= 15 is 0 Å². The molecular weight excluding hydrogens is 447 g/mol. The first-order chi connectivity index (χ1) is 15.2. The fourth-order valence-electron chi connectivity index (χ4n) is 3.17. The lowest BCUT2D eigenvalue weighted by Crippen LogP contribution is -2.13. The van der Waals surface area contributed by atoms with Crippen LogP contribution in [0.25, 0.3) is 11.5 Å². The second kappa shape index (κ2) is 8.50. The number of ketones is 1. The van der Waals surface area contributed by atoms with E-state index in [0.29, 0.717) is 17.3 Å². The maximum atomic E-state index is 13.1. The molecule has 0 saturated carbocycles. The number of rotatable bonds is 6. The number of halogens is 4. The average molecular weight is 462 g/mol. The van der Waals surface area contributed by atoms with Crippen LogP contribution in [0.1, 0.15) is 41.0 Å². The second-order valence-corrected chi connectivity index (χ2v) is 7.43. The van der Waals surface area contributed by atoms with Crippen LogP contribution in [0.5, 0.6) is 0 Å². The van der Waals surface area contributed by atoms with Gasteiger partial charge in [-0.25, -0.2) is 19.6 Å². The van der Waals surface area contributed by atoms with Gasteiger partial charge in [-0.2, -0.15) is 28.1 Å². The van der Waals surface area contributed by atoms with Gasteiger partial charge in [0.25, 0.3) is 0 Å². The summed E-state index contributed by atoms with van der Waals surface area (Å²) in [5.41, 5.74) is -0.399. The number of carbonyl (C=O) groups excluding carboxylic acids is 1. The van der Waals surface area contributed by atoms with E-state index in [4.69, 9.17) is 11.6 Å². The van der Waals surface area contributed by atoms with Crippen LogP contribution in [0.2, 0.25) is 5.02 Å². The third-order valence-corrected chi connectivity index (χ3v) is 4.90. The zero-order valence-electron chi connectivity index (χ0n) is 16.5. The summed E-state index contributed by atoms with van der Waals surface area (Å²) in [5, 5.41) is 8.10. The van der Waals surface area contributed by atoms with Crippen molar-refractivity contribution in [3.8, 4) is 11.5 Å². The molecule has 0 bridgehead atoms. The lowest BCUT2D eigenvalue weighted by molar-refractivity contribution is -0.137. The van der Waals surface area contributed by atoms with Crippen LogP contribution < -0.4 is 0 Å². The molecule has 3 aromatic heterocycles. The van der Waals surface area contributed by atoms with Gasteiger partial charge in [0.2, 0.25) is 0 Å². The molecular formula is C20H15ClF3N7O. The Bertz CT molecular complexity index is 1250. The van der Waals surface area contributed by atoms with Gasteiger partial charge in [-0.15, -0.1) is 0 Å². The van der Waals surface area contributed by atoms with E-state index in [1.807, 2.05) is 0 Å². The summed E-state index contributed by atoms with van der Waals surface area (Å²) in [7, 11) is 0. The van der Waals surface area contributed by atoms with Gasteiger partial charge in [0.1, 0.15) is 24.8 Å². The molecule has 0 aliphatic carbocycles. The molecule has 0 unspecified atom stereocenters. The van der Waals surface area contributed by atoms with E-state index in [-0.39, 0.29) is 17.0 Å². The van der Waals surface area contributed by atoms with E-state index in [1.54, 1.807) is 29.9 Å². The standard InChI is InChI=1S/C20H15ClF3N7O/c1-12(4-17(32)13-5-14(20(22,23)24)7-15(21)6-13)19-27-10-29-31(19)18-8-16(2-3-26-18)30-11-25-9-28-30/h2-3,5-12H,4H2,1H3/t12-/m1/s1. The number of hydrogen-bond donors (Lipinski definition) is 0. The molecule has 0 aliphatic heterocycles. The van der Waals surface area contributed by atoms with Gasteiger partial charge in [-0.05, 0) is 24.3 Å². The summed E-state index contributed by atoms with van der Waals surface area (Å²) in [5.74, 6) is -0.0916. The van der Waals surface area contributed by atoms with E-state index < -0.39 is 23.4 Å². The third-order valence-electron chi connectivity index (χ3n) is 4.68. The normalized spacial score (nSPS) is 12.7. The minimum Gasteiger partial charge on any atom is -0.294 e. The molecule has 0 saturated heterocycles. The van der Waals surface area contributed by atoms with Crippen molar-refractivity contribution in [3.05, 3.63) is 77.5 Å². The van der Waals surface area contributed by atoms with E-state index in [1.165, 1.54) is 29.7 Å². The van der Waals surface area contributed by atoms with Crippen molar-refractivity contribution in [1.29, 1.82) is 0 Å². The van der Waals surface area contributed by atoms with E-state index in [2.05, 4.69) is 25.1 Å². The molecule has 1 aromatic carbocycles. The number of carbonyl (C=O) groups is 1. The van der Waals surface area contributed by atoms with Crippen LogP contribution in [-0.4, -0.2) is 40.3 Å². The third kappa shape index (κ3) is 4.52. The van der Waals surface area contributed by atoms with Crippen LogP contribution in [-0.2, 0) is 6.18 Å². The Hall–Kier alpha value is -3.60. The first-order valence-corrected chi connectivity index (χ1v) is 9.72. The second-order valence-electron chi connectivity index (χ2n) is 7.00. The first kappa shape index (κ1) is 21.6. The van der Waals surface area contributed by atoms with Crippen molar-refractivity contribution in [2.45, 2.75) is 25.4 Å². The largest absolute Gasteiger partial charge is 0.416 e. The van der Waals surface area contributed by atoms with Crippen molar-refractivity contribution in [2.75, 3.05) is 0 Å². The highest BCUT2D eigenvalue weighted by Crippen LogP contribution is 2.33. The smallest absolute Gasteiger partial charge is 0.294 e. The van der Waals surface area contributed by atoms with Gasteiger partial charge in [0.05, 0.1) is 11.3 Å². The van der Waals surface area contributed by atoms with Crippen molar-refractivity contribution >= 4 is 17.4 Å². The predicted molar refractivity (Wildman–Crippen MR) is 108 cm³/mol. The maximum Gasteiger partial charge on any atom is 0.416 e. The van der Waals surface area contributed by atoms with Gasteiger partial charge in [-0.3, -0.25) is 4.79 Å². The van der Waals surface area contributed by atoms with Gasteiger partial charge < -0.3 is 0 Å². The zero-order valence-corrected chi connectivity index (χ0v) is 17.3. The van der Waals surface area contributed by atoms with Crippen LogP contribution in [0.15, 0.2) is 55.5 Å². The number of aromatic nitrogens is 7. The quantitative estimate of drug-likeness (QED) is 0.398. The zero-order chi connectivity index (χ0) is 22.9. The summed E-state index contributed by atoms with van der Waals surface area (Å²) in [4.78, 5) is 25.1. The number of nitrogens with zero attached hydrogens (tertiary/aromatic N) is 7. The van der Waals surface area contributed by atoms with Crippen LogP contribution in [0, 0.1) is 0 Å². The van der Waals surface area contributed by atoms with Gasteiger partial charge in [-0.1, -0.05) is 18.5 Å². The molecule has 0 spiro atoms. The number of alkyl halides is 3. The van der Waals surface area contributed by atoms with Crippen molar-refractivity contribution in [1.82, 2.24) is 34.5 Å². The van der Waals surface area contributed by atoms with E-state index in [9.17, 15) is 18.0 Å². The number of hydrogen-bond acceptors (Lipinski definition) is 6. The molecule has 12 heteroatoms. The molecule has 32 heavy (non-hydrogen) atoms. The Balaban J connectivity index is 1.59. The van der Waals surface area contributed by atoms with Crippen molar-refractivity contribution in [2.24, 2.45) is 0 Å². The average Bonchev–Trinajstić information content (AvgIpc) is 3.45. The lowest BCUT2D eigenvalue weighted by Gasteiger charge is -2.13. The summed E-state index contributed by atoms with van der Waals surface area (Å²) < 4.78 is 42.2. The van der Waals surface area contributed by atoms with Crippen LogP contribution in [0.4, 0.5) is 13.2 Å². The first-order valence-electron chi connectivity index (χ1n) is 9.34. The lowest BCUT2D eigenvalue weighted by atomic mass is 9.97. The SMILES string of the molecule is C[C@H](CC(=O)c1cc(Cl)cc(C(F)(F)F)c1)c1ncnn1-c1cc(-n2cncn2)ccn1. The molecule has 0 amide bonds. The maximum absolute atomic E-state index is 13.1. The molecule has 3 heterocycles. The topological polar surface area (TPSA) is 91.4 Å². The minimum absolute atomic E-state index is 0.0981. The molecule has 0 radical (unpaired) electrons. The summed E-state index contributed by atoms with van der Waals surface area (Å²) in [6.45, 7) is 1.73. The molecule has 8 nitrogen and oxygen atoms in total. The Morgan fingerprint density at radius 3 is 2.66 bits per heavy atom. The summed E-state index contributed by atoms with van der Waals surface area (Å²) in [6, 6.07) is 6.26. The number of Topliss-reactive ketones (excluding diaryl/α,β-unsaturated/α-hetero) is 1. The molecule has 1 atom stereocenters. The Morgan fingerprint density at radius 2 is 1.94 bits per heavy atom. The predicted octanol–water partition coefficient (Wildman–Crippen LogP) is 4.29. The highest BCUT2D eigenvalue weighted by molar-refractivity contribution is 6.31. The van der Waals surface area contributed by atoms with Gasteiger partial charge in [0.15, 0.2) is 11.6 Å². The molecule has 0 N–H and O–H groups in total. The molecule has 0 aliphatic rings. The fraction of sp³-hybridized carbons (Fsp3) is 0.200. The van der Waals surface area contributed by atoms with Crippen molar-refractivity contribution in [3.63, 3.8) is 0 Å². The molecule has 4 aromatic rings. The van der Waals surface area contributed by atoms with Gasteiger partial charge >= 0.3 is 6.18 Å². The number of pyridine rings is 1. The van der Waals surface area contributed by atoms with Crippen LogP contribution >= 0.6 is 11.6 Å². The Labute approximate surface area is 184 Å². The Kier molecular flexibility index (Phi) is 5.74. The Morgan fingerprint density at radius 1 is 1.12 bits per heavy atom. The number of benzene rings is 1. The summed E-state index contributed by atoms with van der Waals surface area (Å²) >= 11 is 5.80. The van der Waals surface area contributed by atoms with Crippen molar-refractivity contribution < 1.29 is 18.0 Å².